The Kier molecular flexibility index (Phi) is 7.27. The van der Waals surface area contributed by atoms with Crippen LogP contribution in [0.25, 0.3) is 11.0 Å². The third-order valence-corrected chi connectivity index (χ3v) is 4.65. The number of methoxy groups -OCH3 is 1. The zero-order chi connectivity index (χ0) is 22.6. The summed E-state index contributed by atoms with van der Waals surface area (Å²) in [6, 6.07) is 0. The Bertz CT molecular complexity index is 940. The minimum absolute atomic E-state index is 0.0178. The molecule has 1 amide bonds. The first-order valence-electron chi connectivity index (χ1n) is 9.35. The van der Waals surface area contributed by atoms with Gasteiger partial charge in [-0.15, -0.1) is 5.10 Å². The molecule has 166 valence electrons. The van der Waals surface area contributed by atoms with Gasteiger partial charge in [0.15, 0.2) is 5.65 Å². The summed E-state index contributed by atoms with van der Waals surface area (Å²) in [5, 5.41) is 4.93. The number of ether oxygens (including phenoxy) is 2. The van der Waals surface area contributed by atoms with Gasteiger partial charge >= 0.3 is 12.1 Å². The van der Waals surface area contributed by atoms with Gasteiger partial charge in [0.25, 0.3) is 0 Å². The Morgan fingerprint density at radius 2 is 1.90 bits per heavy atom. The SMILES string of the molecule is CCOC(=O)CN(CC(F)(F)F)C(=O)CCc1c(C)nc2c(c(OC)nn2C)c1C. The van der Waals surface area contributed by atoms with E-state index in [1.54, 1.807) is 18.7 Å². The summed E-state index contributed by atoms with van der Waals surface area (Å²) in [7, 11) is 3.21. The van der Waals surface area contributed by atoms with Crippen LogP contribution in [0.5, 0.6) is 5.88 Å². The maximum Gasteiger partial charge on any atom is 0.406 e. The molecule has 0 fully saturated rings. The van der Waals surface area contributed by atoms with Crippen LogP contribution in [0.2, 0.25) is 0 Å². The molecule has 0 aliphatic carbocycles. The van der Waals surface area contributed by atoms with E-state index >= 15 is 0 Å². The van der Waals surface area contributed by atoms with Crippen molar-refractivity contribution in [3.05, 3.63) is 16.8 Å². The van der Waals surface area contributed by atoms with Crippen LogP contribution < -0.4 is 4.74 Å². The zero-order valence-corrected chi connectivity index (χ0v) is 17.6. The van der Waals surface area contributed by atoms with E-state index in [2.05, 4.69) is 14.8 Å². The van der Waals surface area contributed by atoms with Crippen molar-refractivity contribution in [1.82, 2.24) is 19.7 Å². The van der Waals surface area contributed by atoms with E-state index in [1.807, 2.05) is 6.92 Å². The van der Waals surface area contributed by atoms with Crippen molar-refractivity contribution in [2.24, 2.45) is 7.05 Å². The molecule has 0 saturated heterocycles. The van der Waals surface area contributed by atoms with Gasteiger partial charge in [-0.25, -0.2) is 9.67 Å². The quantitative estimate of drug-likeness (QED) is 0.598. The van der Waals surface area contributed by atoms with Crippen LogP contribution in [-0.4, -0.2) is 64.5 Å². The number of pyridine rings is 1. The summed E-state index contributed by atoms with van der Waals surface area (Å²) in [5.41, 5.74) is 2.78. The second-order valence-corrected chi connectivity index (χ2v) is 6.80. The van der Waals surface area contributed by atoms with E-state index in [0.717, 1.165) is 11.1 Å². The van der Waals surface area contributed by atoms with E-state index < -0.39 is 31.1 Å². The Balaban J connectivity index is 2.25. The maximum atomic E-state index is 12.9. The van der Waals surface area contributed by atoms with E-state index in [0.29, 0.717) is 27.5 Å². The van der Waals surface area contributed by atoms with Crippen LogP contribution in [0.4, 0.5) is 13.2 Å². The second kappa shape index (κ2) is 9.31. The number of alkyl halides is 3. The zero-order valence-electron chi connectivity index (χ0n) is 17.6. The molecule has 8 nitrogen and oxygen atoms in total. The van der Waals surface area contributed by atoms with Crippen molar-refractivity contribution in [2.45, 2.75) is 39.8 Å². The highest BCUT2D eigenvalue weighted by Gasteiger charge is 2.34. The molecule has 0 unspecified atom stereocenters. The van der Waals surface area contributed by atoms with Gasteiger partial charge in [0.1, 0.15) is 13.1 Å². The molecule has 0 bridgehead atoms. The molecule has 2 heterocycles. The monoisotopic (exact) mass is 430 g/mol. The fourth-order valence-electron chi connectivity index (χ4n) is 3.31. The molecule has 0 aromatic carbocycles. The van der Waals surface area contributed by atoms with E-state index in [-0.39, 0.29) is 19.4 Å². The fraction of sp³-hybridized carbons (Fsp3) is 0.579. The topological polar surface area (TPSA) is 86.6 Å². The molecular formula is C19H25F3N4O4. The fourth-order valence-corrected chi connectivity index (χ4v) is 3.31. The summed E-state index contributed by atoms with van der Waals surface area (Å²) in [5.74, 6) is -1.30. The number of hydrogen-bond donors (Lipinski definition) is 0. The number of carbonyl (C=O) groups is 2. The number of carbonyl (C=O) groups excluding carboxylic acids is 2. The summed E-state index contributed by atoms with van der Waals surface area (Å²) >= 11 is 0. The summed E-state index contributed by atoms with van der Waals surface area (Å²) in [6.45, 7) is 2.87. The maximum absolute atomic E-state index is 12.9. The highest BCUT2D eigenvalue weighted by molar-refractivity contribution is 5.87. The molecule has 0 aliphatic heterocycles. The van der Waals surface area contributed by atoms with Crippen LogP contribution in [0.3, 0.4) is 0 Å². The first-order valence-corrected chi connectivity index (χ1v) is 9.35. The molecule has 0 radical (unpaired) electrons. The Morgan fingerprint density at radius 1 is 1.23 bits per heavy atom. The molecule has 0 N–H and O–H groups in total. The molecular weight excluding hydrogens is 405 g/mol. The molecule has 0 aliphatic rings. The highest BCUT2D eigenvalue weighted by Crippen LogP contribution is 2.30. The lowest BCUT2D eigenvalue weighted by Crippen LogP contribution is -2.42. The van der Waals surface area contributed by atoms with Crippen LogP contribution >= 0.6 is 0 Å². The number of rotatable bonds is 8. The standard InChI is InChI=1S/C19H25F3N4O4/c1-6-30-15(28)9-26(10-19(20,21)22)14(27)8-7-13-11(2)16-17(23-12(13)3)25(4)24-18(16)29-5/h6-10H2,1-5H3. The molecule has 2 aromatic heterocycles. The van der Waals surface area contributed by atoms with Gasteiger partial charge in [0.05, 0.1) is 19.1 Å². The summed E-state index contributed by atoms with van der Waals surface area (Å²) in [4.78, 5) is 29.1. The molecule has 0 atom stereocenters. The van der Waals surface area contributed by atoms with Crippen LogP contribution in [0.15, 0.2) is 0 Å². The predicted octanol–water partition coefficient (Wildman–Crippen LogP) is 2.48. The normalized spacial score (nSPS) is 11.6. The highest BCUT2D eigenvalue weighted by atomic mass is 19.4. The van der Waals surface area contributed by atoms with Gasteiger partial charge in [-0.2, -0.15) is 13.2 Å². The Hall–Kier alpha value is -2.85. The number of amides is 1. The molecule has 0 saturated carbocycles. The smallest absolute Gasteiger partial charge is 0.406 e. The van der Waals surface area contributed by atoms with Crippen molar-refractivity contribution < 1.29 is 32.2 Å². The van der Waals surface area contributed by atoms with Gasteiger partial charge in [0.2, 0.25) is 11.8 Å². The van der Waals surface area contributed by atoms with Crippen molar-refractivity contribution in [3.63, 3.8) is 0 Å². The Labute approximate surface area is 171 Å². The molecule has 11 heteroatoms. The summed E-state index contributed by atoms with van der Waals surface area (Å²) in [6.07, 6.45) is -4.68. The predicted molar refractivity (Wildman–Crippen MR) is 102 cm³/mol. The number of nitrogens with zero attached hydrogens (tertiary/aromatic N) is 4. The molecule has 2 rings (SSSR count). The first-order chi connectivity index (χ1) is 14.0. The van der Waals surface area contributed by atoms with E-state index in [9.17, 15) is 22.8 Å². The average Bonchev–Trinajstić information content (AvgIpc) is 2.95. The number of hydrogen-bond acceptors (Lipinski definition) is 6. The van der Waals surface area contributed by atoms with Crippen molar-refractivity contribution in [3.8, 4) is 5.88 Å². The first kappa shape index (κ1) is 23.4. The van der Waals surface area contributed by atoms with Crippen LogP contribution in [0, 0.1) is 13.8 Å². The van der Waals surface area contributed by atoms with Gasteiger partial charge in [-0.1, -0.05) is 0 Å². The van der Waals surface area contributed by atoms with Gasteiger partial charge < -0.3 is 14.4 Å². The van der Waals surface area contributed by atoms with Crippen LogP contribution in [-0.2, 0) is 27.8 Å². The third kappa shape index (κ3) is 5.39. The molecule has 2 aromatic rings. The minimum Gasteiger partial charge on any atom is -0.479 e. The van der Waals surface area contributed by atoms with Gasteiger partial charge in [0, 0.05) is 19.2 Å². The van der Waals surface area contributed by atoms with Crippen molar-refractivity contribution >= 4 is 22.9 Å². The minimum atomic E-state index is -4.63. The third-order valence-electron chi connectivity index (χ3n) is 4.65. The summed E-state index contributed by atoms with van der Waals surface area (Å²) < 4.78 is 50.2. The van der Waals surface area contributed by atoms with E-state index in [1.165, 1.54) is 14.0 Å². The molecule has 0 spiro atoms. The van der Waals surface area contributed by atoms with Gasteiger partial charge in [-0.05, 0) is 38.3 Å². The Morgan fingerprint density at radius 3 is 2.47 bits per heavy atom. The van der Waals surface area contributed by atoms with Crippen molar-refractivity contribution in [1.29, 1.82) is 0 Å². The number of fused-ring (bicyclic) bond motifs is 1. The number of esters is 1. The number of aryl methyl sites for hydroxylation is 3. The molecule has 30 heavy (non-hydrogen) atoms. The lowest BCUT2D eigenvalue weighted by atomic mass is 10.00. The lowest BCUT2D eigenvalue weighted by Gasteiger charge is -2.23. The van der Waals surface area contributed by atoms with Gasteiger partial charge in [-0.3, -0.25) is 9.59 Å². The number of aromatic nitrogens is 3. The average molecular weight is 430 g/mol. The second-order valence-electron chi connectivity index (χ2n) is 6.80. The lowest BCUT2D eigenvalue weighted by molar-refractivity contribution is -0.167. The van der Waals surface area contributed by atoms with Crippen molar-refractivity contribution in [2.75, 3.05) is 26.8 Å². The van der Waals surface area contributed by atoms with E-state index in [4.69, 9.17) is 4.74 Å². The largest absolute Gasteiger partial charge is 0.479 e. The van der Waals surface area contributed by atoms with Crippen LogP contribution in [0.1, 0.15) is 30.2 Å². The number of halogens is 3.